The van der Waals surface area contributed by atoms with Gasteiger partial charge in [-0.05, 0) is 42.7 Å². The second kappa shape index (κ2) is 5.76. The number of benzene rings is 1. The Hall–Kier alpha value is -2.04. The monoisotopic (exact) mass is 289 g/mol. The number of likely N-dealkylation sites (tertiary alicyclic amines) is 1. The Labute approximate surface area is 124 Å². The molecule has 0 aliphatic carbocycles. The fourth-order valence-corrected chi connectivity index (χ4v) is 2.84. The average Bonchev–Trinajstić information content (AvgIpc) is 2.46. The van der Waals surface area contributed by atoms with E-state index >= 15 is 0 Å². The van der Waals surface area contributed by atoms with Crippen molar-refractivity contribution in [2.45, 2.75) is 18.9 Å². The van der Waals surface area contributed by atoms with E-state index in [9.17, 15) is 9.18 Å². The van der Waals surface area contributed by atoms with Gasteiger partial charge in [-0.15, -0.1) is 0 Å². The third kappa shape index (κ3) is 3.17. The highest BCUT2D eigenvalue weighted by molar-refractivity contribution is 5.76. The van der Waals surface area contributed by atoms with Crippen molar-refractivity contribution in [3.63, 3.8) is 0 Å². The van der Waals surface area contributed by atoms with E-state index in [0.717, 1.165) is 37.2 Å². The zero-order valence-electron chi connectivity index (χ0n) is 12.0. The van der Waals surface area contributed by atoms with Crippen LogP contribution < -0.4 is 10.2 Å². The van der Waals surface area contributed by atoms with Crippen LogP contribution in [0, 0.1) is 5.82 Å². The third-order valence-electron chi connectivity index (χ3n) is 4.13. The number of hydrogen-bond donors (Lipinski definition) is 1. The van der Waals surface area contributed by atoms with Gasteiger partial charge >= 0.3 is 6.03 Å². The van der Waals surface area contributed by atoms with Gasteiger partial charge in [0, 0.05) is 37.9 Å². The first-order chi connectivity index (χ1) is 10.1. The number of nitrogens with zero attached hydrogens (tertiary/aromatic N) is 2. The molecule has 2 heterocycles. The summed E-state index contributed by atoms with van der Waals surface area (Å²) in [5, 5.41) is 3.08. The summed E-state index contributed by atoms with van der Waals surface area (Å²) in [5.41, 5.74) is 2.15. The topological polar surface area (TPSA) is 35.6 Å². The van der Waals surface area contributed by atoms with E-state index in [4.69, 9.17) is 0 Å². The van der Waals surface area contributed by atoms with Gasteiger partial charge in [-0.1, -0.05) is 6.58 Å². The number of anilines is 1. The van der Waals surface area contributed by atoms with E-state index in [0.29, 0.717) is 13.1 Å². The Kier molecular flexibility index (Phi) is 3.82. The summed E-state index contributed by atoms with van der Waals surface area (Å²) in [4.78, 5) is 15.9. The molecule has 0 aromatic heterocycles. The Morgan fingerprint density at radius 2 is 1.81 bits per heavy atom. The number of amides is 2. The summed E-state index contributed by atoms with van der Waals surface area (Å²) in [7, 11) is 0. The number of piperidine rings is 1. The normalized spacial score (nSPS) is 19.4. The molecule has 0 saturated carbocycles. The molecule has 0 spiro atoms. The maximum atomic E-state index is 12.9. The van der Waals surface area contributed by atoms with Crippen LogP contribution in [0.4, 0.5) is 14.9 Å². The van der Waals surface area contributed by atoms with Gasteiger partial charge in [0.1, 0.15) is 5.82 Å². The number of rotatable bonds is 2. The second-order valence-electron chi connectivity index (χ2n) is 5.79. The lowest BCUT2D eigenvalue weighted by Crippen LogP contribution is -2.53. The van der Waals surface area contributed by atoms with Gasteiger partial charge in [-0.2, -0.15) is 0 Å². The molecule has 2 amide bonds. The van der Waals surface area contributed by atoms with Crippen LogP contribution in [-0.4, -0.2) is 43.2 Å². The predicted molar refractivity (Wildman–Crippen MR) is 80.9 cm³/mol. The van der Waals surface area contributed by atoms with Crippen molar-refractivity contribution >= 4 is 11.7 Å². The Morgan fingerprint density at radius 3 is 2.38 bits per heavy atom. The summed E-state index contributed by atoms with van der Waals surface area (Å²) in [6.07, 6.45) is 1.83. The minimum absolute atomic E-state index is 0.0163. The highest BCUT2D eigenvalue weighted by atomic mass is 19.1. The summed E-state index contributed by atoms with van der Waals surface area (Å²) >= 11 is 0. The van der Waals surface area contributed by atoms with Crippen molar-refractivity contribution in [1.82, 2.24) is 10.2 Å². The van der Waals surface area contributed by atoms with Crippen LogP contribution in [-0.2, 0) is 0 Å². The Balaban J connectivity index is 1.47. The molecule has 4 nitrogen and oxygen atoms in total. The van der Waals surface area contributed by atoms with Crippen molar-refractivity contribution in [3.05, 3.63) is 42.2 Å². The summed E-state index contributed by atoms with van der Waals surface area (Å²) < 4.78 is 12.9. The highest BCUT2D eigenvalue weighted by Gasteiger charge is 2.27. The molecule has 2 fully saturated rings. The van der Waals surface area contributed by atoms with Crippen LogP contribution in [0.15, 0.2) is 36.4 Å². The first-order valence-corrected chi connectivity index (χ1v) is 7.34. The molecule has 3 rings (SSSR count). The van der Waals surface area contributed by atoms with Crippen LogP contribution in [0.25, 0.3) is 0 Å². The van der Waals surface area contributed by atoms with Gasteiger partial charge in [-0.25, -0.2) is 9.18 Å². The van der Waals surface area contributed by atoms with Crippen molar-refractivity contribution in [2.24, 2.45) is 0 Å². The van der Waals surface area contributed by atoms with Gasteiger partial charge < -0.3 is 15.1 Å². The Morgan fingerprint density at radius 1 is 1.19 bits per heavy atom. The largest absolute Gasteiger partial charge is 0.371 e. The molecule has 1 aromatic carbocycles. The SMILES string of the molecule is C=C1CN(C(=O)NC2CCN(c3ccc(F)cc3)CC2)C1. The summed E-state index contributed by atoms with van der Waals surface area (Å²) in [6.45, 7) is 6.95. The number of carbonyl (C=O) groups excluding carboxylic acids is 1. The molecule has 1 aromatic rings. The second-order valence-corrected chi connectivity index (χ2v) is 5.79. The van der Waals surface area contributed by atoms with E-state index in [2.05, 4.69) is 16.8 Å². The predicted octanol–water partition coefficient (Wildman–Crippen LogP) is 2.38. The van der Waals surface area contributed by atoms with Crippen LogP contribution in [0.5, 0.6) is 0 Å². The maximum Gasteiger partial charge on any atom is 0.318 e. The lowest BCUT2D eigenvalue weighted by atomic mass is 10.0. The minimum Gasteiger partial charge on any atom is -0.371 e. The molecule has 0 atom stereocenters. The van der Waals surface area contributed by atoms with Crippen LogP contribution >= 0.6 is 0 Å². The molecule has 0 radical (unpaired) electrons. The first-order valence-electron chi connectivity index (χ1n) is 7.34. The molecule has 21 heavy (non-hydrogen) atoms. The molecule has 5 heteroatoms. The Bertz CT molecular complexity index is 527. The van der Waals surface area contributed by atoms with Gasteiger partial charge in [0.25, 0.3) is 0 Å². The lowest BCUT2D eigenvalue weighted by molar-refractivity contribution is 0.185. The average molecular weight is 289 g/mol. The van der Waals surface area contributed by atoms with Crippen LogP contribution in [0.3, 0.4) is 0 Å². The number of halogens is 1. The van der Waals surface area contributed by atoms with Gasteiger partial charge in [0.05, 0.1) is 0 Å². The van der Waals surface area contributed by atoms with Gasteiger partial charge in [0.15, 0.2) is 0 Å². The van der Waals surface area contributed by atoms with E-state index in [1.807, 2.05) is 0 Å². The van der Waals surface area contributed by atoms with Gasteiger partial charge in [0.2, 0.25) is 0 Å². The van der Waals surface area contributed by atoms with Crippen molar-refractivity contribution < 1.29 is 9.18 Å². The number of carbonyl (C=O) groups is 1. The molecule has 0 bridgehead atoms. The van der Waals surface area contributed by atoms with E-state index in [1.54, 1.807) is 17.0 Å². The molecule has 2 saturated heterocycles. The number of hydrogen-bond acceptors (Lipinski definition) is 2. The van der Waals surface area contributed by atoms with E-state index < -0.39 is 0 Å². The zero-order chi connectivity index (χ0) is 14.8. The van der Waals surface area contributed by atoms with Crippen LogP contribution in [0.1, 0.15) is 12.8 Å². The summed E-state index contributed by atoms with van der Waals surface area (Å²) in [5.74, 6) is -0.211. The van der Waals surface area contributed by atoms with E-state index in [1.165, 1.54) is 12.1 Å². The number of nitrogens with one attached hydrogen (secondary N) is 1. The highest BCUT2D eigenvalue weighted by Crippen LogP contribution is 2.21. The van der Waals surface area contributed by atoms with Crippen LogP contribution in [0.2, 0.25) is 0 Å². The standard InChI is InChI=1S/C16H20FN3O/c1-12-10-20(11-12)16(21)18-14-6-8-19(9-7-14)15-4-2-13(17)3-5-15/h2-5,14H,1,6-11H2,(H,18,21). The lowest BCUT2D eigenvalue weighted by Gasteiger charge is -2.37. The van der Waals surface area contributed by atoms with Gasteiger partial charge in [-0.3, -0.25) is 0 Å². The fourth-order valence-electron chi connectivity index (χ4n) is 2.84. The zero-order valence-corrected chi connectivity index (χ0v) is 12.0. The molecule has 0 unspecified atom stereocenters. The molecule has 2 aliphatic rings. The number of urea groups is 1. The fraction of sp³-hybridized carbons (Fsp3) is 0.438. The molecule has 2 aliphatic heterocycles. The molecule has 112 valence electrons. The van der Waals surface area contributed by atoms with Crippen molar-refractivity contribution in [3.8, 4) is 0 Å². The summed E-state index contributed by atoms with van der Waals surface area (Å²) in [6, 6.07) is 6.82. The quantitative estimate of drug-likeness (QED) is 0.849. The first kappa shape index (κ1) is 13.9. The third-order valence-corrected chi connectivity index (χ3v) is 4.13. The van der Waals surface area contributed by atoms with E-state index in [-0.39, 0.29) is 17.9 Å². The maximum absolute atomic E-state index is 12.9. The molecular formula is C16H20FN3O. The van der Waals surface area contributed by atoms with Crippen molar-refractivity contribution in [1.29, 1.82) is 0 Å². The molecule has 1 N–H and O–H groups in total. The smallest absolute Gasteiger partial charge is 0.318 e. The molecular weight excluding hydrogens is 269 g/mol. The van der Waals surface area contributed by atoms with Crippen molar-refractivity contribution in [2.75, 3.05) is 31.1 Å². The minimum atomic E-state index is -0.211.